The van der Waals surface area contributed by atoms with Crippen molar-refractivity contribution in [3.63, 3.8) is 0 Å². The van der Waals surface area contributed by atoms with Gasteiger partial charge in [0.05, 0.1) is 25.4 Å². The summed E-state index contributed by atoms with van der Waals surface area (Å²) in [6, 6.07) is 3.50. The van der Waals surface area contributed by atoms with Crippen LogP contribution in [0, 0.1) is 6.92 Å². The van der Waals surface area contributed by atoms with Gasteiger partial charge in [0.2, 0.25) is 0 Å². The maximum Gasteiger partial charge on any atom is 0.338 e. The molecular weight excluding hydrogens is 258 g/mol. The number of rotatable bonds is 4. The Labute approximate surface area is 118 Å². The average Bonchev–Trinajstić information content (AvgIpc) is 2.46. The van der Waals surface area contributed by atoms with E-state index in [2.05, 4.69) is 9.88 Å². The van der Waals surface area contributed by atoms with Crippen LogP contribution < -0.4 is 10.6 Å². The van der Waals surface area contributed by atoms with Gasteiger partial charge in [0, 0.05) is 18.8 Å². The van der Waals surface area contributed by atoms with E-state index in [-0.39, 0.29) is 12.1 Å². The molecule has 6 heteroatoms. The predicted molar refractivity (Wildman–Crippen MR) is 75.9 cm³/mol. The summed E-state index contributed by atoms with van der Waals surface area (Å²) in [5, 5.41) is 0. The number of hydrogen-bond donors (Lipinski definition) is 1. The first kappa shape index (κ1) is 14.7. The van der Waals surface area contributed by atoms with Crippen LogP contribution in [0.4, 0.5) is 5.82 Å². The molecule has 0 saturated carbocycles. The normalized spacial score (nSPS) is 18.9. The molecule has 0 aliphatic carbocycles. The Kier molecular flexibility index (Phi) is 4.92. The molecule has 0 bridgehead atoms. The van der Waals surface area contributed by atoms with Gasteiger partial charge in [-0.2, -0.15) is 0 Å². The number of carbonyl (C=O) groups excluding carboxylic acids is 1. The van der Waals surface area contributed by atoms with E-state index >= 15 is 0 Å². The number of aromatic nitrogens is 1. The number of pyridine rings is 1. The van der Waals surface area contributed by atoms with Crippen LogP contribution >= 0.6 is 0 Å². The molecule has 110 valence electrons. The van der Waals surface area contributed by atoms with Crippen molar-refractivity contribution in [2.24, 2.45) is 5.73 Å². The predicted octanol–water partition coefficient (Wildman–Crippen LogP) is 0.731. The third kappa shape index (κ3) is 3.46. The Bertz CT molecular complexity index is 477. The third-order valence-corrected chi connectivity index (χ3v) is 3.31. The smallest absolute Gasteiger partial charge is 0.338 e. The molecule has 1 aromatic heterocycles. The number of anilines is 1. The van der Waals surface area contributed by atoms with Crippen molar-refractivity contribution in [3.8, 4) is 0 Å². The summed E-state index contributed by atoms with van der Waals surface area (Å²) >= 11 is 0. The van der Waals surface area contributed by atoms with Crippen LogP contribution in [0.5, 0.6) is 0 Å². The van der Waals surface area contributed by atoms with Crippen LogP contribution in [0.2, 0.25) is 0 Å². The molecule has 0 amide bonds. The number of morpholine rings is 1. The standard InChI is InChI=1S/C14H21N3O3/c1-10-7-11(14(18)19-2)8-13(16-10)17-5-6-20-12(9-17)3-4-15/h7-8,12H,3-6,9,15H2,1-2H3. The van der Waals surface area contributed by atoms with Crippen LogP contribution in [0.1, 0.15) is 22.5 Å². The summed E-state index contributed by atoms with van der Waals surface area (Å²) in [6.45, 7) is 4.63. The first-order chi connectivity index (χ1) is 9.63. The molecule has 0 spiro atoms. The zero-order valence-electron chi connectivity index (χ0n) is 12.0. The molecule has 1 aromatic rings. The van der Waals surface area contributed by atoms with Gasteiger partial charge in [-0.25, -0.2) is 9.78 Å². The minimum Gasteiger partial charge on any atom is -0.465 e. The van der Waals surface area contributed by atoms with Gasteiger partial charge < -0.3 is 20.1 Å². The van der Waals surface area contributed by atoms with Crippen molar-refractivity contribution >= 4 is 11.8 Å². The minimum absolute atomic E-state index is 0.123. The molecule has 2 heterocycles. The summed E-state index contributed by atoms with van der Waals surface area (Å²) in [4.78, 5) is 18.3. The van der Waals surface area contributed by atoms with Gasteiger partial charge in [-0.15, -0.1) is 0 Å². The van der Waals surface area contributed by atoms with E-state index in [1.165, 1.54) is 7.11 Å². The lowest BCUT2D eigenvalue weighted by atomic mass is 10.2. The summed E-state index contributed by atoms with van der Waals surface area (Å²) < 4.78 is 10.4. The highest BCUT2D eigenvalue weighted by atomic mass is 16.5. The van der Waals surface area contributed by atoms with Gasteiger partial charge in [-0.1, -0.05) is 0 Å². The van der Waals surface area contributed by atoms with Crippen molar-refractivity contribution in [1.29, 1.82) is 0 Å². The van der Waals surface area contributed by atoms with Gasteiger partial charge in [-0.3, -0.25) is 0 Å². The highest BCUT2D eigenvalue weighted by Gasteiger charge is 2.22. The Balaban J connectivity index is 2.19. The Morgan fingerprint density at radius 2 is 2.40 bits per heavy atom. The molecule has 1 atom stereocenters. The Morgan fingerprint density at radius 1 is 1.60 bits per heavy atom. The van der Waals surface area contributed by atoms with Gasteiger partial charge in [0.25, 0.3) is 0 Å². The third-order valence-electron chi connectivity index (χ3n) is 3.31. The lowest BCUT2D eigenvalue weighted by molar-refractivity contribution is 0.0366. The molecule has 2 rings (SSSR count). The SMILES string of the molecule is COC(=O)c1cc(C)nc(N2CCOC(CCN)C2)c1. The summed E-state index contributed by atoms with van der Waals surface area (Å²) in [7, 11) is 1.38. The second-order valence-corrected chi connectivity index (χ2v) is 4.86. The number of nitrogens with two attached hydrogens (primary N) is 1. The molecule has 1 aliphatic heterocycles. The summed E-state index contributed by atoms with van der Waals surface area (Å²) in [6.07, 6.45) is 0.948. The number of nitrogens with zero attached hydrogens (tertiary/aromatic N) is 2. The lowest BCUT2D eigenvalue weighted by Gasteiger charge is -2.34. The molecule has 2 N–H and O–H groups in total. The molecule has 1 saturated heterocycles. The van der Waals surface area contributed by atoms with Gasteiger partial charge in [-0.05, 0) is 32.0 Å². The monoisotopic (exact) mass is 279 g/mol. The first-order valence-electron chi connectivity index (χ1n) is 6.77. The van der Waals surface area contributed by atoms with Gasteiger partial charge in [0.1, 0.15) is 5.82 Å². The van der Waals surface area contributed by atoms with Crippen molar-refractivity contribution in [2.75, 3.05) is 38.3 Å². The van der Waals surface area contributed by atoms with E-state index < -0.39 is 0 Å². The largest absolute Gasteiger partial charge is 0.465 e. The fraction of sp³-hybridized carbons (Fsp3) is 0.571. The van der Waals surface area contributed by atoms with E-state index in [0.29, 0.717) is 18.7 Å². The highest BCUT2D eigenvalue weighted by molar-refractivity contribution is 5.90. The van der Waals surface area contributed by atoms with Crippen molar-refractivity contribution in [1.82, 2.24) is 4.98 Å². The van der Waals surface area contributed by atoms with E-state index in [9.17, 15) is 4.79 Å². The molecular formula is C14H21N3O3. The van der Waals surface area contributed by atoms with Crippen LogP contribution in [-0.2, 0) is 9.47 Å². The first-order valence-corrected chi connectivity index (χ1v) is 6.77. The maximum atomic E-state index is 11.7. The highest BCUT2D eigenvalue weighted by Crippen LogP contribution is 2.19. The molecule has 0 radical (unpaired) electrons. The maximum absolute atomic E-state index is 11.7. The van der Waals surface area contributed by atoms with E-state index in [1.807, 2.05) is 6.92 Å². The van der Waals surface area contributed by atoms with Gasteiger partial charge in [0.15, 0.2) is 0 Å². The van der Waals surface area contributed by atoms with Crippen LogP contribution in [-0.4, -0.2) is 50.4 Å². The van der Waals surface area contributed by atoms with Crippen molar-refractivity contribution < 1.29 is 14.3 Å². The van der Waals surface area contributed by atoms with Crippen LogP contribution in [0.3, 0.4) is 0 Å². The molecule has 0 aromatic carbocycles. The topological polar surface area (TPSA) is 77.7 Å². The second kappa shape index (κ2) is 6.67. The zero-order chi connectivity index (χ0) is 14.5. The molecule has 1 fully saturated rings. The van der Waals surface area contributed by atoms with Gasteiger partial charge >= 0.3 is 5.97 Å². The quantitative estimate of drug-likeness (QED) is 0.819. The zero-order valence-corrected chi connectivity index (χ0v) is 12.0. The number of hydrogen-bond acceptors (Lipinski definition) is 6. The van der Waals surface area contributed by atoms with Crippen LogP contribution in [0.25, 0.3) is 0 Å². The Morgan fingerprint density at radius 3 is 3.10 bits per heavy atom. The fourth-order valence-electron chi connectivity index (χ4n) is 2.34. The minimum atomic E-state index is -0.344. The lowest BCUT2D eigenvalue weighted by Crippen LogP contribution is -2.43. The molecule has 1 aliphatic rings. The van der Waals surface area contributed by atoms with Crippen LogP contribution in [0.15, 0.2) is 12.1 Å². The number of aryl methyl sites for hydroxylation is 1. The number of carbonyl (C=O) groups is 1. The summed E-state index contributed by atoms with van der Waals surface area (Å²) in [5.74, 6) is 0.444. The molecule has 6 nitrogen and oxygen atoms in total. The average molecular weight is 279 g/mol. The van der Waals surface area contributed by atoms with E-state index in [0.717, 1.165) is 31.0 Å². The number of methoxy groups -OCH3 is 1. The molecule has 1 unspecified atom stereocenters. The van der Waals surface area contributed by atoms with E-state index in [1.54, 1.807) is 12.1 Å². The number of ether oxygens (including phenoxy) is 2. The van der Waals surface area contributed by atoms with Crippen molar-refractivity contribution in [2.45, 2.75) is 19.4 Å². The van der Waals surface area contributed by atoms with Crippen molar-refractivity contribution in [3.05, 3.63) is 23.4 Å². The van der Waals surface area contributed by atoms with E-state index in [4.69, 9.17) is 15.2 Å². The summed E-state index contributed by atoms with van der Waals surface area (Å²) in [5.41, 5.74) is 6.90. The fourth-order valence-corrected chi connectivity index (χ4v) is 2.34. The number of esters is 1. The molecule has 20 heavy (non-hydrogen) atoms. The Hall–Kier alpha value is -1.66. The second-order valence-electron chi connectivity index (χ2n) is 4.86.